The van der Waals surface area contributed by atoms with Crippen LogP contribution in [0.25, 0.3) is 0 Å². The van der Waals surface area contributed by atoms with Gasteiger partial charge in [0.05, 0.1) is 38.3 Å². The van der Waals surface area contributed by atoms with Crippen molar-refractivity contribution in [1.82, 2.24) is 5.32 Å². The van der Waals surface area contributed by atoms with Gasteiger partial charge in [-0.2, -0.15) is 0 Å². The fourth-order valence-electron chi connectivity index (χ4n) is 4.84. The number of hydrogen-bond donors (Lipinski definition) is 4. The molecule has 14 heteroatoms. The van der Waals surface area contributed by atoms with Gasteiger partial charge >= 0.3 is 0 Å². The first-order chi connectivity index (χ1) is 19.9. The summed E-state index contributed by atoms with van der Waals surface area (Å²) in [6.07, 6.45) is 1.29. The smallest absolute Gasteiger partial charge is 0.257 e. The van der Waals surface area contributed by atoms with E-state index in [1.165, 1.54) is 18.2 Å². The molecule has 3 aromatic carbocycles. The fourth-order valence-corrected chi connectivity index (χ4v) is 6.18. The Morgan fingerprint density at radius 1 is 0.857 bits per heavy atom. The predicted molar refractivity (Wildman–Crippen MR) is 161 cm³/mol. The maximum atomic E-state index is 15.2. The lowest BCUT2D eigenvalue weighted by molar-refractivity contribution is -0.118. The van der Waals surface area contributed by atoms with Crippen molar-refractivity contribution in [2.75, 3.05) is 22.5 Å². The van der Waals surface area contributed by atoms with Crippen LogP contribution in [0.5, 0.6) is 0 Å². The lowest BCUT2D eigenvalue weighted by Gasteiger charge is -2.15. The summed E-state index contributed by atoms with van der Waals surface area (Å²) in [7, 11) is 0. The molecule has 0 unspecified atom stereocenters. The van der Waals surface area contributed by atoms with Gasteiger partial charge in [-0.3, -0.25) is 14.4 Å². The average molecular weight is 677 g/mol. The van der Waals surface area contributed by atoms with Crippen LogP contribution in [-0.4, -0.2) is 34.6 Å². The van der Waals surface area contributed by atoms with E-state index < -0.39 is 62.9 Å². The summed E-state index contributed by atoms with van der Waals surface area (Å²) in [6.45, 7) is 0.622. The number of carbonyl (C=O) groups is 3. The molecule has 4 N–H and O–H groups in total. The van der Waals surface area contributed by atoms with Crippen LogP contribution in [0.15, 0.2) is 48.5 Å². The fraction of sp³-hybridized carbons (Fsp3) is 0.250. The van der Waals surface area contributed by atoms with Crippen molar-refractivity contribution in [3.05, 3.63) is 86.4 Å². The molecular formula is C28H21Cl5F2N4O3. The van der Waals surface area contributed by atoms with Gasteiger partial charge in [0.25, 0.3) is 5.91 Å². The van der Waals surface area contributed by atoms with E-state index in [9.17, 15) is 18.8 Å². The molecule has 1 aliphatic heterocycles. The number of carbonyl (C=O) groups excluding carboxylic acids is 3. The largest absolute Gasteiger partial charge is 0.326 e. The van der Waals surface area contributed by atoms with E-state index in [4.69, 9.17) is 58.0 Å². The molecule has 3 aromatic rings. The van der Waals surface area contributed by atoms with Crippen LogP contribution in [0.2, 0.25) is 15.1 Å². The molecule has 1 saturated heterocycles. The Kier molecular flexibility index (Phi) is 8.90. The molecule has 5 rings (SSSR count). The Balaban J connectivity index is 1.30. The second kappa shape index (κ2) is 12.1. The summed E-state index contributed by atoms with van der Waals surface area (Å²) in [5.74, 6) is -5.53. The van der Waals surface area contributed by atoms with E-state index in [2.05, 4.69) is 21.3 Å². The van der Waals surface area contributed by atoms with Gasteiger partial charge in [0.1, 0.15) is 15.8 Å². The molecular weight excluding hydrogens is 656 g/mol. The van der Waals surface area contributed by atoms with Gasteiger partial charge in [-0.1, -0.05) is 40.9 Å². The Labute approximate surface area is 264 Å². The monoisotopic (exact) mass is 674 g/mol. The number of rotatable bonds is 7. The van der Waals surface area contributed by atoms with Crippen LogP contribution < -0.4 is 21.3 Å². The summed E-state index contributed by atoms with van der Waals surface area (Å²) in [6, 6.07) is 10.3. The summed E-state index contributed by atoms with van der Waals surface area (Å²) in [5, 5.41) is 10.8. The topological polar surface area (TPSA) is 99.3 Å². The number of anilines is 3. The molecule has 3 amide bonds. The van der Waals surface area contributed by atoms with Gasteiger partial charge in [0.2, 0.25) is 11.8 Å². The molecule has 0 aromatic heterocycles. The zero-order valence-electron chi connectivity index (χ0n) is 21.3. The summed E-state index contributed by atoms with van der Waals surface area (Å²) in [4.78, 5) is 38.5. The molecule has 3 atom stereocenters. The van der Waals surface area contributed by atoms with Crippen molar-refractivity contribution in [2.24, 2.45) is 5.92 Å². The van der Waals surface area contributed by atoms with Crippen LogP contribution in [0.1, 0.15) is 34.7 Å². The third kappa shape index (κ3) is 6.18. The SMILES string of the molecule is O=C(Nc1ccc(F)c(NC(=O)[C@H]2CCCN2)c1F)c1cc(NC(=O)[C@H]2[C@H](c3ccc(Cl)c(Cl)c3)C2(Cl)Cl)ccc1Cl. The van der Waals surface area contributed by atoms with Gasteiger partial charge in [0, 0.05) is 11.6 Å². The van der Waals surface area contributed by atoms with Crippen LogP contribution >= 0.6 is 58.0 Å². The van der Waals surface area contributed by atoms with Crippen molar-refractivity contribution < 1.29 is 23.2 Å². The summed E-state index contributed by atoms with van der Waals surface area (Å²) < 4.78 is 28.2. The third-order valence-electron chi connectivity index (χ3n) is 7.08. The van der Waals surface area contributed by atoms with Crippen LogP contribution in [0.3, 0.4) is 0 Å². The quantitative estimate of drug-likeness (QED) is 0.196. The third-order valence-corrected chi connectivity index (χ3v) is 9.09. The highest BCUT2D eigenvalue weighted by molar-refractivity contribution is 6.53. The van der Waals surface area contributed by atoms with E-state index in [0.717, 1.165) is 18.6 Å². The first kappa shape index (κ1) is 30.8. The standard InChI is InChI=1S/C28H21Cl5F2N4O3/c29-15-6-4-13(37-27(42)22-21(28(22,32)33)12-3-5-16(30)17(31)10-12)11-14(15)25(40)38-19-8-7-18(34)24(23(19)35)39-26(41)20-2-1-9-36-20/h3-8,10-11,20-22,36H,1-2,9H2,(H,37,42)(H,38,40)(H,39,41)/t20-,21+,22-/m1/s1. The number of nitrogens with one attached hydrogen (secondary N) is 4. The van der Waals surface area contributed by atoms with Gasteiger partial charge in [-0.25, -0.2) is 8.78 Å². The average Bonchev–Trinajstić information content (AvgIpc) is 3.25. The molecule has 220 valence electrons. The summed E-state index contributed by atoms with van der Waals surface area (Å²) in [5.41, 5.74) is -0.376. The number of amides is 3. The minimum absolute atomic E-state index is 0.00186. The van der Waals surface area contributed by atoms with Crippen molar-refractivity contribution in [2.45, 2.75) is 29.1 Å². The molecule has 0 radical (unpaired) electrons. The Morgan fingerprint density at radius 2 is 1.60 bits per heavy atom. The van der Waals surface area contributed by atoms with Crippen LogP contribution in [-0.2, 0) is 9.59 Å². The van der Waals surface area contributed by atoms with Crippen LogP contribution in [0.4, 0.5) is 25.8 Å². The Bertz CT molecular complexity index is 1600. The Hall–Kier alpha value is -2.66. The predicted octanol–water partition coefficient (Wildman–Crippen LogP) is 7.39. The lowest BCUT2D eigenvalue weighted by atomic mass is 10.1. The molecule has 42 heavy (non-hydrogen) atoms. The molecule has 7 nitrogen and oxygen atoms in total. The maximum Gasteiger partial charge on any atom is 0.257 e. The molecule has 0 bridgehead atoms. The van der Waals surface area contributed by atoms with E-state index in [1.807, 2.05) is 0 Å². The minimum Gasteiger partial charge on any atom is -0.326 e. The molecule has 2 fully saturated rings. The molecule has 0 spiro atoms. The van der Waals surface area contributed by atoms with E-state index in [-0.39, 0.29) is 21.3 Å². The van der Waals surface area contributed by atoms with Crippen molar-refractivity contribution in [3.8, 4) is 0 Å². The summed E-state index contributed by atoms with van der Waals surface area (Å²) >= 11 is 31.1. The lowest BCUT2D eigenvalue weighted by Crippen LogP contribution is -2.36. The van der Waals surface area contributed by atoms with Crippen molar-refractivity contribution in [3.63, 3.8) is 0 Å². The molecule has 2 aliphatic rings. The van der Waals surface area contributed by atoms with Gasteiger partial charge in [0.15, 0.2) is 5.82 Å². The molecule has 1 aliphatic carbocycles. The number of benzene rings is 3. The number of alkyl halides is 2. The second-order valence-electron chi connectivity index (χ2n) is 9.86. The van der Waals surface area contributed by atoms with Crippen molar-refractivity contribution in [1.29, 1.82) is 0 Å². The highest BCUT2D eigenvalue weighted by Crippen LogP contribution is 2.65. The zero-order chi connectivity index (χ0) is 30.3. The van der Waals surface area contributed by atoms with Crippen molar-refractivity contribution >= 4 is 92.8 Å². The minimum atomic E-state index is -1.41. The second-order valence-corrected chi connectivity index (χ2v) is 12.5. The van der Waals surface area contributed by atoms with Gasteiger partial charge in [-0.15, -0.1) is 23.2 Å². The zero-order valence-corrected chi connectivity index (χ0v) is 25.1. The normalized spacial score (nSPS) is 20.6. The van der Waals surface area contributed by atoms with Crippen LogP contribution in [0, 0.1) is 17.6 Å². The van der Waals surface area contributed by atoms with Gasteiger partial charge < -0.3 is 21.3 Å². The maximum absolute atomic E-state index is 15.2. The van der Waals surface area contributed by atoms with E-state index in [1.54, 1.807) is 18.2 Å². The Morgan fingerprint density at radius 3 is 2.29 bits per heavy atom. The highest BCUT2D eigenvalue weighted by atomic mass is 35.5. The van der Waals surface area contributed by atoms with E-state index in [0.29, 0.717) is 23.6 Å². The first-order valence-corrected chi connectivity index (χ1v) is 14.5. The van der Waals surface area contributed by atoms with E-state index >= 15 is 4.39 Å². The van der Waals surface area contributed by atoms with Gasteiger partial charge in [-0.05, 0) is 67.4 Å². The number of halogens is 7. The first-order valence-electron chi connectivity index (χ1n) is 12.6. The number of hydrogen-bond acceptors (Lipinski definition) is 4. The molecule has 1 heterocycles. The molecule has 1 saturated carbocycles. The highest BCUT2D eigenvalue weighted by Gasteiger charge is 2.67.